The van der Waals surface area contributed by atoms with Gasteiger partial charge in [0.25, 0.3) is 0 Å². The predicted molar refractivity (Wildman–Crippen MR) is 80.2 cm³/mol. The molecule has 0 spiro atoms. The first kappa shape index (κ1) is 17.0. The van der Waals surface area contributed by atoms with Gasteiger partial charge in [-0.25, -0.2) is 0 Å². The summed E-state index contributed by atoms with van der Waals surface area (Å²) in [5, 5.41) is 14.3. The number of carbonyl (C=O) groups excluding carboxylic acids is 2. The van der Waals surface area contributed by atoms with E-state index < -0.39 is 11.8 Å². The molecule has 3 N–H and O–H groups in total. The number of aromatic hydroxyl groups is 1. The van der Waals surface area contributed by atoms with Gasteiger partial charge in [-0.1, -0.05) is 0 Å². The highest BCUT2D eigenvalue weighted by Gasteiger charge is 2.14. The molecule has 0 aliphatic rings. The molecule has 0 aliphatic carbocycles. The van der Waals surface area contributed by atoms with Crippen molar-refractivity contribution in [3.05, 3.63) is 23.8 Å². The van der Waals surface area contributed by atoms with Crippen LogP contribution in [0, 0.1) is 6.92 Å². The fraction of sp³-hybridized carbons (Fsp3) is 0.467. The molecule has 1 aromatic rings. The summed E-state index contributed by atoms with van der Waals surface area (Å²) in [6, 6.07) is 4.51. The van der Waals surface area contributed by atoms with Crippen LogP contribution in [0.15, 0.2) is 18.2 Å². The highest BCUT2D eigenvalue weighted by atomic mass is 16.5. The van der Waals surface area contributed by atoms with Gasteiger partial charge in [-0.3, -0.25) is 9.59 Å². The first-order chi connectivity index (χ1) is 9.90. The molecule has 0 fully saturated rings. The highest BCUT2D eigenvalue weighted by molar-refractivity contribution is 6.39. The second kappa shape index (κ2) is 8.26. The van der Waals surface area contributed by atoms with Crippen molar-refractivity contribution in [1.82, 2.24) is 5.32 Å². The second-order valence-corrected chi connectivity index (χ2v) is 4.98. The molecule has 0 bridgehead atoms. The third-order valence-corrected chi connectivity index (χ3v) is 2.72. The number of ether oxygens (including phenoxy) is 1. The van der Waals surface area contributed by atoms with E-state index in [4.69, 9.17) is 4.74 Å². The Kier molecular flexibility index (Phi) is 6.68. The van der Waals surface area contributed by atoms with E-state index in [0.29, 0.717) is 30.8 Å². The first-order valence-electron chi connectivity index (χ1n) is 6.90. The monoisotopic (exact) mass is 294 g/mol. The van der Waals surface area contributed by atoms with Crippen molar-refractivity contribution < 1.29 is 19.4 Å². The van der Waals surface area contributed by atoms with Crippen LogP contribution < -0.4 is 10.6 Å². The van der Waals surface area contributed by atoms with Crippen molar-refractivity contribution in [2.24, 2.45) is 0 Å². The standard InChI is InChI=1S/C15H22N2O4/c1-10(2)21-8-4-7-16-14(19)15(20)17-13-6-5-12(18)9-11(13)3/h5-6,9-10,18H,4,7-8H2,1-3H3,(H,16,19)(H,17,20). The van der Waals surface area contributed by atoms with E-state index in [1.165, 1.54) is 12.1 Å². The Labute approximate surface area is 124 Å². The molecule has 0 heterocycles. The zero-order valence-corrected chi connectivity index (χ0v) is 12.6. The van der Waals surface area contributed by atoms with Gasteiger partial charge in [-0.05, 0) is 51.0 Å². The van der Waals surface area contributed by atoms with Crippen molar-refractivity contribution in [2.45, 2.75) is 33.3 Å². The molecule has 2 amide bonds. The van der Waals surface area contributed by atoms with E-state index >= 15 is 0 Å². The minimum absolute atomic E-state index is 0.111. The molecule has 0 radical (unpaired) electrons. The predicted octanol–water partition coefficient (Wildman–Crippen LogP) is 1.57. The number of nitrogens with one attached hydrogen (secondary N) is 2. The number of amides is 2. The van der Waals surface area contributed by atoms with Crippen LogP contribution >= 0.6 is 0 Å². The Morgan fingerprint density at radius 3 is 2.62 bits per heavy atom. The number of phenols is 1. The minimum atomic E-state index is -0.728. The maximum atomic E-state index is 11.7. The Bertz CT molecular complexity index is 500. The van der Waals surface area contributed by atoms with Crippen molar-refractivity contribution in [2.75, 3.05) is 18.5 Å². The lowest BCUT2D eigenvalue weighted by molar-refractivity contribution is -0.136. The van der Waals surface area contributed by atoms with Gasteiger partial charge in [-0.15, -0.1) is 0 Å². The number of anilines is 1. The second-order valence-electron chi connectivity index (χ2n) is 4.98. The number of carbonyl (C=O) groups is 2. The Morgan fingerprint density at radius 2 is 2.00 bits per heavy atom. The lowest BCUT2D eigenvalue weighted by atomic mass is 10.2. The van der Waals surface area contributed by atoms with Crippen molar-refractivity contribution in [3.8, 4) is 5.75 Å². The van der Waals surface area contributed by atoms with Crippen LogP contribution in [-0.4, -0.2) is 36.2 Å². The maximum absolute atomic E-state index is 11.7. The van der Waals surface area contributed by atoms with Gasteiger partial charge in [-0.2, -0.15) is 0 Å². The molecule has 6 nitrogen and oxygen atoms in total. The summed E-state index contributed by atoms with van der Waals surface area (Å²) >= 11 is 0. The van der Waals surface area contributed by atoms with E-state index in [2.05, 4.69) is 10.6 Å². The van der Waals surface area contributed by atoms with Crippen LogP contribution in [0.5, 0.6) is 5.75 Å². The Balaban J connectivity index is 2.36. The molecule has 6 heteroatoms. The number of phenolic OH excluding ortho intramolecular Hbond substituents is 1. The van der Waals surface area contributed by atoms with Crippen molar-refractivity contribution >= 4 is 17.5 Å². The Morgan fingerprint density at radius 1 is 1.29 bits per heavy atom. The summed E-state index contributed by atoms with van der Waals surface area (Å²) in [5.74, 6) is -1.30. The quantitative estimate of drug-likeness (QED) is 0.422. The molecule has 0 atom stereocenters. The van der Waals surface area contributed by atoms with E-state index in [-0.39, 0.29) is 11.9 Å². The highest BCUT2D eigenvalue weighted by Crippen LogP contribution is 2.19. The molecule has 1 aromatic carbocycles. The van der Waals surface area contributed by atoms with Crippen molar-refractivity contribution in [1.29, 1.82) is 0 Å². The number of hydrogen-bond acceptors (Lipinski definition) is 4. The fourth-order valence-corrected chi connectivity index (χ4v) is 1.64. The van der Waals surface area contributed by atoms with Gasteiger partial charge >= 0.3 is 11.8 Å². The van der Waals surface area contributed by atoms with Gasteiger partial charge in [0, 0.05) is 18.8 Å². The summed E-state index contributed by atoms with van der Waals surface area (Å²) in [6.07, 6.45) is 0.802. The number of benzene rings is 1. The zero-order valence-electron chi connectivity index (χ0n) is 12.6. The molecular weight excluding hydrogens is 272 g/mol. The maximum Gasteiger partial charge on any atom is 0.313 e. The zero-order chi connectivity index (χ0) is 15.8. The lowest BCUT2D eigenvalue weighted by Crippen LogP contribution is -2.36. The number of rotatable bonds is 6. The molecular formula is C15H22N2O4. The normalized spacial score (nSPS) is 10.5. The van der Waals surface area contributed by atoms with Gasteiger partial charge in [0.2, 0.25) is 0 Å². The number of aryl methyl sites for hydroxylation is 1. The average molecular weight is 294 g/mol. The molecule has 116 valence electrons. The summed E-state index contributed by atoms with van der Waals surface area (Å²) < 4.78 is 5.33. The largest absolute Gasteiger partial charge is 0.508 e. The van der Waals surface area contributed by atoms with Gasteiger partial charge in [0.15, 0.2) is 0 Å². The molecule has 1 rings (SSSR count). The van der Waals surface area contributed by atoms with Crippen LogP contribution in [0.3, 0.4) is 0 Å². The summed E-state index contributed by atoms with van der Waals surface area (Å²) in [4.78, 5) is 23.3. The molecule has 21 heavy (non-hydrogen) atoms. The fourth-order valence-electron chi connectivity index (χ4n) is 1.64. The Hall–Kier alpha value is -2.08. The third kappa shape index (κ3) is 6.27. The first-order valence-corrected chi connectivity index (χ1v) is 6.90. The molecule has 0 saturated carbocycles. The molecule has 0 unspecified atom stereocenters. The van der Waals surface area contributed by atoms with Crippen molar-refractivity contribution in [3.63, 3.8) is 0 Å². The smallest absolute Gasteiger partial charge is 0.313 e. The van der Waals surface area contributed by atoms with E-state index in [1.807, 2.05) is 13.8 Å². The van der Waals surface area contributed by atoms with Gasteiger partial charge in [0.05, 0.1) is 6.10 Å². The third-order valence-electron chi connectivity index (χ3n) is 2.72. The molecule has 0 aromatic heterocycles. The van der Waals surface area contributed by atoms with Crippen LogP contribution in [0.2, 0.25) is 0 Å². The summed E-state index contributed by atoms with van der Waals surface area (Å²) in [7, 11) is 0. The van der Waals surface area contributed by atoms with E-state index in [1.54, 1.807) is 13.0 Å². The topological polar surface area (TPSA) is 87.7 Å². The van der Waals surface area contributed by atoms with E-state index in [9.17, 15) is 14.7 Å². The minimum Gasteiger partial charge on any atom is -0.508 e. The average Bonchev–Trinajstić information content (AvgIpc) is 2.40. The van der Waals surface area contributed by atoms with Gasteiger partial charge < -0.3 is 20.5 Å². The molecule has 0 aliphatic heterocycles. The van der Waals surface area contributed by atoms with Crippen LogP contribution in [0.25, 0.3) is 0 Å². The summed E-state index contributed by atoms with van der Waals surface area (Å²) in [6.45, 7) is 6.53. The molecule has 0 saturated heterocycles. The van der Waals surface area contributed by atoms with Crippen LogP contribution in [0.1, 0.15) is 25.8 Å². The van der Waals surface area contributed by atoms with Crippen LogP contribution in [0.4, 0.5) is 5.69 Å². The van der Waals surface area contributed by atoms with E-state index in [0.717, 1.165) is 0 Å². The summed E-state index contributed by atoms with van der Waals surface area (Å²) in [5.41, 5.74) is 1.18. The lowest BCUT2D eigenvalue weighted by Gasteiger charge is -2.10. The number of hydrogen-bond donors (Lipinski definition) is 3. The van der Waals surface area contributed by atoms with Crippen LogP contribution in [-0.2, 0) is 14.3 Å². The SMILES string of the molecule is Cc1cc(O)ccc1NC(=O)C(=O)NCCCOC(C)C. The van der Waals surface area contributed by atoms with Gasteiger partial charge in [0.1, 0.15) is 5.75 Å².